The average molecular weight is 927 g/mol. The van der Waals surface area contributed by atoms with Crippen LogP contribution in [0, 0.1) is 6.92 Å². The van der Waals surface area contributed by atoms with E-state index >= 15 is 0 Å². The summed E-state index contributed by atoms with van der Waals surface area (Å²) in [5, 5.41) is 158. The zero-order valence-electron chi connectivity index (χ0n) is 34.4. The number of phenolic OH excluding ortho intramolecular Hbond substituents is 15. The molecule has 0 spiro atoms. The van der Waals surface area contributed by atoms with Gasteiger partial charge < -0.3 is 95.5 Å². The van der Waals surface area contributed by atoms with Gasteiger partial charge in [0.15, 0.2) is 64.0 Å². The number of fused-ring (bicyclic) bond motifs is 2. The second-order valence-corrected chi connectivity index (χ2v) is 15.8. The van der Waals surface area contributed by atoms with Crippen LogP contribution >= 0.6 is 0 Å². The van der Waals surface area contributed by atoms with Crippen LogP contribution in [0.2, 0.25) is 0 Å². The van der Waals surface area contributed by atoms with Crippen LogP contribution in [0.1, 0.15) is 71.9 Å². The molecule has 0 unspecified atom stereocenters. The Labute approximate surface area is 375 Å². The van der Waals surface area contributed by atoms with Gasteiger partial charge >= 0.3 is 11.9 Å². The van der Waals surface area contributed by atoms with E-state index in [0.717, 1.165) is 60.7 Å². The largest absolute Gasteiger partial charge is 0.508 e. The van der Waals surface area contributed by atoms with Gasteiger partial charge in [-0.15, -0.1) is 0 Å². The van der Waals surface area contributed by atoms with Crippen LogP contribution in [0.5, 0.6) is 97.7 Å². The van der Waals surface area contributed by atoms with Crippen LogP contribution in [0.15, 0.2) is 60.7 Å². The summed E-state index contributed by atoms with van der Waals surface area (Å²) in [7, 11) is 0. The molecule has 67 heavy (non-hydrogen) atoms. The van der Waals surface area contributed by atoms with Crippen LogP contribution in [0.4, 0.5) is 0 Å². The molecule has 0 bridgehead atoms. The highest BCUT2D eigenvalue weighted by molar-refractivity contribution is 5.92. The maximum atomic E-state index is 13.5. The van der Waals surface area contributed by atoms with E-state index in [1.54, 1.807) is 0 Å². The van der Waals surface area contributed by atoms with Crippen molar-refractivity contribution in [1.29, 1.82) is 0 Å². The molecule has 15 N–H and O–H groups in total. The molecule has 2 heterocycles. The second-order valence-electron chi connectivity index (χ2n) is 15.8. The van der Waals surface area contributed by atoms with E-state index in [4.69, 9.17) is 18.9 Å². The minimum Gasteiger partial charge on any atom is -0.508 e. The molecule has 8 rings (SSSR count). The lowest BCUT2D eigenvalue weighted by atomic mass is 9.88. The van der Waals surface area contributed by atoms with Crippen LogP contribution < -0.4 is 9.47 Å². The number of hydrogen-bond donors (Lipinski definition) is 15. The van der Waals surface area contributed by atoms with Crippen molar-refractivity contribution in [1.82, 2.24) is 0 Å². The number of ether oxygens (including phenoxy) is 4. The SMILES string of the molecule is Cc1c(O)cc(C(=O)O[C@@H]2Cc3c(cc(O)c(Cc4c(O)cc5c(c4O)C[C@@H](OC(=O)c4cc(O)c(O)c(O)c4)[C@@H](c4cc(O)c(O)c(O)c4)O5)c3O)O[C@@H]2c2cc(O)c(O)c(O)c2)cc1O. The van der Waals surface area contributed by atoms with Gasteiger partial charge in [0.2, 0.25) is 0 Å². The summed E-state index contributed by atoms with van der Waals surface area (Å²) in [6.07, 6.45) is -7.30. The number of carbonyl (C=O) groups excluding carboxylic acids is 2. The number of esters is 2. The molecule has 0 saturated carbocycles. The van der Waals surface area contributed by atoms with Crippen molar-refractivity contribution >= 4 is 11.9 Å². The van der Waals surface area contributed by atoms with Gasteiger partial charge in [-0.3, -0.25) is 0 Å². The normalized spacial score (nSPS) is 17.3. The van der Waals surface area contributed by atoms with E-state index in [0.29, 0.717) is 0 Å². The van der Waals surface area contributed by atoms with Crippen molar-refractivity contribution in [3.63, 3.8) is 0 Å². The van der Waals surface area contributed by atoms with Crippen LogP contribution in [-0.4, -0.2) is 101 Å². The number of carbonyl (C=O) groups is 2. The standard InChI is InChI=1S/C46H38O21/c1-15-24(47)6-18(7-25(15)48)45(62)66-36-11-22-34(64-43(36)16-2-28(51)40(59)29(52)3-16)13-26(49)20(38(22)57)10-21-27(50)14-35-23(39(21)58)12-37(44(65-35)17-4-30(53)41(60)31(54)5-17)67-46(63)19-8-32(55)42(61)33(56)9-19/h2-9,13-14,36-37,43-44,47-61H,10-12H2,1H3/t36-,37-,43-,44-/m1/s1. The summed E-state index contributed by atoms with van der Waals surface area (Å²) in [6, 6.07) is 9.70. The van der Waals surface area contributed by atoms with Crippen LogP contribution in [0.3, 0.4) is 0 Å². The van der Waals surface area contributed by atoms with Crippen molar-refractivity contribution in [2.45, 2.75) is 50.6 Å². The maximum Gasteiger partial charge on any atom is 0.338 e. The predicted molar refractivity (Wildman–Crippen MR) is 224 cm³/mol. The van der Waals surface area contributed by atoms with Gasteiger partial charge in [0.1, 0.15) is 58.2 Å². The summed E-state index contributed by atoms with van der Waals surface area (Å²) in [6.45, 7) is 1.39. The van der Waals surface area contributed by atoms with Gasteiger partial charge in [-0.2, -0.15) is 0 Å². The van der Waals surface area contributed by atoms with Crippen LogP contribution in [0.25, 0.3) is 0 Å². The van der Waals surface area contributed by atoms with Gasteiger partial charge in [-0.05, 0) is 55.5 Å². The first kappa shape index (κ1) is 44.5. The Hall–Kier alpha value is -9.14. The summed E-state index contributed by atoms with van der Waals surface area (Å²) < 4.78 is 23.6. The molecule has 21 nitrogen and oxygen atoms in total. The van der Waals surface area contributed by atoms with Crippen LogP contribution in [-0.2, 0) is 28.7 Å². The van der Waals surface area contributed by atoms with E-state index < -0.39 is 147 Å². The third kappa shape index (κ3) is 7.93. The summed E-state index contributed by atoms with van der Waals surface area (Å²) >= 11 is 0. The summed E-state index contributed by atoms with van der Waals surface area (Å²) in [5.41, 5.74) is -1.67. The van der Waals surface area contributed by atoms with Gasteiger partial charge in [-0.25, -0.2) is 9.59 Å². The maximum absolute atomic E-state index is 13.5. The molecule has 0 aliphatic carbocycles. The minimum absolute atomic E-state index is 0.0513. The van der Waals surface area contributed by atoms with Gasteiger partial charge in [0.25, 0.3) is 0 Å². The Kier molecular flexibility index (Phi) is 10.9. The number of phenols is 15. The molecule has 6 aromatic carbocycles. The third-order valence-corrected chi connectivity index (χ3v) is 11.5. The third-order valence-electron chi connectivity index (χ3n) is 11.5. The Bertz CT molecular complexity index is 2760. The topological polar surface area (TPSA) is 375 Å². The van der Waals surface area contributed by atoms with Gasteiger partial charge in [0, 0.05) is 70.3 Å². The highest BCUT2D eigenvalue weighted by atomic mass is 16.6. The Balaban J connectivity index is 1.16. The Morgan fingerprint density at radius 2 is 0.761 bits per heavy atom. The van der Waals surface area contributed by atoms with Crippen molar-refractivity contribution in [3.05, 3.63) is 111 Å². The quantitative estimate of drug-likeness (QED) is 0.0707. The molecular weight excluding hydrogens is 888 g/mol. The van der Waals surface area contributed by atoms with Gasteiger partial charge in [0.05, 0.1) is 11.1 Å². The van der Waals surface area contributed by atoms with E-state index in [1.807, 2.05) is 0 Å². The lowest BCUT2D eigenvalue weighted by Gasteiger charge is -2.35. The lowest BCUT2D eigenvalue weighted by Crippen LogP contribution is -2.35. The van der Waals surface area contributed by atoms with Crippen molar-refractivity contribution in [2.24, 2.45) is 0 Å². The molecule has 0 radical (unpaired) electrons. The first-order valence-electron chi connectivity index (χ1n) is 19.8. The molecule has 0 amide bonds. The van der Waals surface area contributed by atoms with E-state index in [9.17, 15) is 86.2 Å². The lowest BCUT2D eigenvalue weighted by molar-refractivity contribution is -0.0192. The first-order valence-corrected chi connectivity index (χ1v) is 19.8. The highest BCUT2D eigenvalue weighted by Gasteiger charge is 2.41. The molecule has 2 aliphatic heterocycles. The van der Waals surface area contributed by atoms with Crippen molar-refractivity contribution in [2.75, 3.05) is 0 Å². The Morgan fingerprint density at radius 3 is 1.10 bits per heavy atom. The molecule has 2 aliphatic rings. The van der Waals surface area contributed by atoms with Gasteiger partial charge in [-0.1, -0.05) is 0 Å². The number of aromatic hydroxyl groups is 15. The average Bonchev–Trinajstić information content (AvgIpc) is 3.27. The number of rotatable bonds is 8. The fraction of sp³-hybridized carbons (Fsp3) is 0.174. The monoisotopic (exact) mass is 926 g/mol. The predicted octanol–water partition coefficient (Wildman–Crippen LogP) is 4.97. The molecule has 21 heteroatoms. The summed E-state index contributed by atoms with van der Waals surface area (Å²) in [5.74, 6) is -13.9. The fourth-order valence-corrected chi connectivity index (χ4v) is 7.90. The minimum atomic E-state index is -1.50. The molecule has 4 atom stereocenters. The molecule has 0 aromatic heterocycles. The first-order chi connectivity index (χ1) is 31.6. The highest BCUT2D eigenvalue weighted by Crippen LogP contribution is 2.52. The fourth-order valence-electron chi connectivity index (χ4n) is 7.90. The Morgan fingerprint density at radius 1 is 0.448 bits per heavy atom. The number of hydrogen-bond acceptors (Lipinski definition) is 21. The molecule has 0 saturated heterocycles. The zero-order chi connectivity index (χ0) is 48.5. The van der Waals surface area contributed by atoms with E-state index in [2.05, 4.69) is 0 Å². The van der Waals surface area contributed by atoms with E-state index in [1.165, 1.54) is 6.92 Å². The van der Waals surface area contributed by atoms with Crippen molar-refractivity contribution < 1.29 is 105 Å². The molecule has 0 fully saturated rings. The second kappa shape index (κ2) is 16.4. The zero-order valence-corrected chi connectivity index (χ0v) is 34.4. The molecular formula is C46H38O21. The molecule has 348 valence electrons. The smallest absolute Gasteiger partial charge is 0.338 e. The van der Waals surface area contributed by atoms with E-state index in [-0.39, 0.29) is 56.0 Å². The molecule has 6 aromatic rings. The summed E-state index contributed by atoms with van der Waals surface area (Å²) in [4.78, 5) is 26.9. The van der Waals surface area contributed by atoms with Crippen molar-refractivity contribution in [3.8, 4) is 97.7 Å². The number of benzene rings is 6.